The van der Waals surface area contributed by atoms with E-state index in [0.717, 1.165) is 29.3 Å². The Morgan fingerprint density at radius 2 is 2.05 bits per heavy atom. The minimum atomic E-state index is 0.726. The lowest BCUT2D eigenvalue weighted by atomic mass is 10.2. The summed E-state index contributed by atoms with van der Waals surface area (Å²) >= 11 is 0. The maximum atomic E-state index is 5.96. The molecule has 0 aliphatic rings. The molecule has 0 amide bonds. The molecular weight excluding hydrogens is 238 g/mol. The van der Waals surface area contributed by atoms with Crippen LogP contribution in [0, 0.1) is 0 Å². The SMILES string of the molecule is CN(Cc1ccccc1N)c1ccn2nccc2n1. The van der Waals surface area contributed by atoms with Crippen molar-refractivity contribution in [3.05, 3.63) is 54.4 Å². The lowest BCUT2D eigenvalue weighted by Gasteiger charge is -2.19. The number of anilines is 2. The van der Waals surface area contributed by atoms with Crippen molar-refractivity contribution in [2.75, 3.05) is 17.7 Å². The van der Waals surface area contributed by atoms with Gasteiger partial charge in [-0.05, 0) is 17.7 Å². The van der Waals surface area contributed by atoms with Crippen molar-refractivity contribution in [2.45, 2.75) is 6.54 Å². The van der Waals surface area contributed by atoms with Gasteiger partial charge in [0, 0.05) is 31.5 Å². The number of nitrogen functional groups attached to an aromatic ring is 1. The molecule has 0 atom stereocenters. The Morgan fingerprint density at radius 1 is 1.21 bits per heavy atom. The van der Waals surface area contributed by atoms with Gasteiger partial charge >= 0.3 is 0 Å². The summed E-state index contributed by atoms with van der Waals surface area (Å²) in [5.74, 6) is 0.899. The van der Waals surface area contributed by atoms with Gasteiger partial charge < -0.3 is 10.6 Å². The second-order valence-corrected chi connectivity index (χ2v) is 4.47. The largest absolute Gasteiger partial charge is 0.398 e. The molecule has 2 heterocycles. The zero-order chi connectivity index (χ0) is 13.2. The fourth-order valence-electron chi connectivity index (χ4n) is 2.03. The third-order valence-electron chi connectivity index (χ3n) is 3.10. The number of nitrogens with two attached hydrogens (primary N) is 1. The van der Waals surface area contributed by atoms with Crippen LogP contribution in [0.5, 0.6) is 0 Å². The normalized spacial score (nSPS) is 10.8. The first-order valence-electron chi connectivity index (χ1n) is 6.09. The molecular formula is C14H15N5. The number of rotatable bonds is 3. The second-order valence-electron chi connectivity index (χ2n) is 4.47. The number of para-hydroxylation sites is 1. The summed E-state index contributed by atoms with van der Waals surface area (Å²) < 4.78 is 1.74. The van der Waals surface area contributed by atoms with Crippen LogP contribution in [0.2, 0.25) is 0 Å². The molecule has 0 aliphatic carbocycles. The summed E-state index contributed by atoms with van der Waals surface area (Å²) in [7, 11) is 2.00. The van der Waals surface area contributed by atoms with Gasteiger partial charge in [0.1, 0.15) is 5.82 Å². The van der Waals surface area contributed by atoms with Gasteiger partial charge in [-0.15, -0.1) is 0 Å². The van der Waals surface area contributed by atoms with Crippen LogP contribution >= 0.6 is 0 Å². The molecule has 1 aromatic carbocycles. The molecule has 5 heteroatoms. The van der Waals surface area contributed by atoms with Crippen molar-refractivity contribution in [3.63, 3.8) is 0 Å². The Bertz CT molecular complexity index is 704. The van der Waals surface area contributed by atoms with Gasteiger partial charge in [-0.25, -0.2) is 9.50 Å². The van der Waals surface area contributed by atoms with Crippen LogP contribution in [0.3, 0.4) is 0 Å². The molecule has 2 aromatic heterocycles. The van der Waals surface area contributed by atoms with E-state index in [-0.39, 0.29) is 0 Å². The highest BCUT2D eigenvalue weighted by Crippen LogP contribution is 2.17. The maximum Gasteiger partial charge on any atom is 0.157 e. The molecule has 0 bridgehead atoms. The van der Waals surface area contributed by atoms with E-state index in [4.69, 9.17) is 5.73 Å². The summed E-state index contributed by atoms with van der Waals surface area (Å²) in [6.45, 7) is 0.726. The van der Waals surface area contributed by atoms with Crippen molar-refractivity contribution < 1.29 is 0 Å². The highest BCUT2D eigenvalue weighted by Gasteiger charge is 2.06. The molecule has 3 aromatic rings. The predicted molar refractivity (Wildman–Crippen MR) is 75.9 cm³/mol. The number of nitrogens with zero attached hydrogens (tertiary/aromatic N) is 4. The zero-order valence-corrected chi connectivity index (χ0v) is 10.7. The number of benzene rings is 1. The van der Waals surface area contributed by atoms with Crippen LogP contribution in [-0.2, 0) is 6.54 Å². The minimum absolute atomic E-state index is 0.726. The molecule has 0 aliphatic heterocycles. The molecule has 2 N–H and O–H groups in total. The lowest BCUT2D eigenvalue weighted by Crippen LogP contribution is -2.18. The van der Waals surface area contributed by atoms with E-state index in [1.54, 1.807) is 10.7 Å². The van der Waals surface area contributed by atoms with Crippen molar-refractivity contribution in [1.29, 1.82) is 0 Å². The molecule has 0 saturated heterocycles. The fraction of sp³-hybridized carbons (Fsp3) is 0.143. The smallest absolute Gasteiger partial charge is 0.157 e. The highest BCUT2D eigenvalue weighted by molar-refractivity contribution is 5.51. The van der Waals surface area contributed by atoms with Crippen LogP contribution in [0.1, 0.15) is 5.56 Å². The Kier molecular flexibility index (Phi) is 2.79. The molecule has 0 radical (unpaired) electrons. The summed E-state index contributed by atoms with van der Waals surface area (Å²) in [5.41, 5.74) is 8.70. The van der Waals surface area contributed by atoms with Gasteiger partial charge in [0.15, 0.2) is 5.65 Å². The summed E-state index contributed by atoms with van der Waals surface area (Å²) in [6, 6.07) is 11.7. The van der Waals surface area contributed by atoms with E-state index < -0.39 is 0 Å². The van der Waals surface area contributed by atoms with Gasteiger partial charge in [-0.3, -0.25) is 0 Å². The Hall–Kier alpha value is -2.56. The van der Waals surface area contributed by atoms with Crippen molar-refractivity contribution in [3.8, 4) is 0 Å². The van der Waals surface area contributed by atoms with Gasteiger partial charge in [-0.2, -0.15) is 5.10 Å². The van der Waals surface area contributed by atoms with Gasteiger partial charge in [0.2, 0.25) is 0 Å². The quantitative estimate of drug-likeness (QED) is 0.725. The average Bonchev–Trinajstić information content (AvgIpc) is 2.88. The summed E-state index contributed by atoms with van der Waals surface area (Å²) in [4.78, 5) is 6.61. The van der Waals surface area contributed by atoms with Crippen molar-refractivity contribution in [1.82, 2.24) is 14.6 Å². The number of hydrogen-bond donors (Lipinski definition) is 1. The first-order chi connectivity index (χ1) is 9.24. The minimum Gasteiger partial charge on any atom is -0.398 e. The van der Waals surface area contributed by atoms with Gasteiger partial charge in [0.05, 0.1) is 6.20 Å². The first kappa shape index (κ1) is 11.5. The fourth-order valence-corrected chi connectivity index (χ4v) is 2.03. The van der Waals surface area contributed by atoms with Gasteiger partial charge in [0.25, 0.3) is 0 Å². The van der Waals surface area contributed by atoms with Crippen LogP contribution < -0.4 is 10.6 Å². The molecule has 0 spiro atoms. The highest BCUT2D eigenvalue weighted by atomic mass is 15.3. The van der Waals surface area contributed by atoms with Crippen LogP contribution in [0.15, 0.2) is 48.8 Å². The Balaban J connectivity index is 1.87. The molecule has 0 unspecified atom stereocenters. The van der Waals surface area contributed by atoms with Crippen LogP contribution in [0.25, 0.3) is 5.65 Å². The van der Waals surface area contributed by atoms with Crippen LogP contribution in [0.4, 0.5) is 11.5 Å². The van der Waals surface area contributed by atoms with E-state index in [9.17, 15) is 0 Å². The summed E-state index contributed by atoms with van der Waals surface area (Å²) in [6.07, 6.45) is 3.64. The molecule has 0 fully saturated rings. The average molecular weight is 253 g/mol. The van der Waals surface area contributed by atoms with Crippen LogP contribution in [-0.4, -0.2) is 21.6 Å². The van der Waals surface area contributed by atoms with Gasteiger partial charge in [-0.1, -0.05) is 18.2 Å². The zero-order valence-electron chi connectivity index (χ0n) is 10.7. The second kappa shape index (κ2) is 4.61. The maximum absolute atomic E-state index is 5.96. The predicted octanol–water partition coefficient (Wildman–Crippen LogP) is 1.95. The van der Waals surface area contributed by atoms with E-state index in [2.05, 4.69) is 15.0 Å². The number of fused-ring (bicyclic) bond motifs is 1. The monoisotopic (exact) mass is 253 g/mol. The molecule has 5 nitrogen and oxygen atoms in total. The first-order valence-corrected chi connectivity index (χ1v) is 6.09. The van der Waals surface area contributed by atoms with E-state index in [1.165, 1.54) is 0 Å². The number of hydrogen-bond acceptors (Lipinski definition) is 4. The standard InChI is InChI=1S/C14H15N5/c1-18(10-11-4-2-3-5-12(11)15)13-7-9-19-14(17-13)6-8-16-19/h2-9H,10,15H2,1H3. The third-order valence-corrected chi connectivity index (χ3v) is 3.10. The Morgan fingerprint density at radius 3 is 2.89 bits per heavy atom. The topological polar surface area (TPSA) is 59.5 Å². The summed E-state index contributed by atoms with van der Waals surface area (Å²) in [5, 5.41) is 4.13. The molecule has 96 valence electrons. The molecule has 19 heavy (non-hydrogen) atoms. The third kappa shape index (κ3) is 2.22. The molecule has 0 saturated carbocycles. The molecule has 3 rings (SSSR count). The van der Waals surface area contributed by atoms with E-state index in [0.29, 0.717) is 0 Å². The Labute approximate surface area is 111 Å². The van der Waals surface area contributed by atoms with Crippen molar-refractivity contribution in [2.24, 2.45) is 0 Å². The van der Waals surface area contributed by atoms with Crippen molar-refractivity contribution >= 4 is 17.2 Å². The number of aromatic nitrogens is 3. The lowest BCUT2D eigenvalue weighted by molar-refractivity contribution is 0.878. The van der Waals surface area contributed by atoms with E-state index >= 15 is 0 Å². The van der Waals surface area contributed by atoms with E-state index in [1.807, 2.05) is 49.6 Å².